The third-order valence-corrected chi connectivity index (χ3v) is 4.41. The second-order valence-electron chi connectivity index (χ2n) is 5.28. The summed E-state index contributed by atoms with van der Waals surface area (Å²) < 4.78 is 2.30. The molecule has 1 aromatic heterocycles. The molecule has 2 aromatic rings. The lowest BCUT2D eigenvalue weighted by Gasteiger charge is -2.10. The van der Waals surface area contributed by atoms with Gasteiger partial charge in [0.05, 0.1) is 16.4 Å². The van der Waals surface area contributed by atoms with Gasteiger partial charge in [0.25, 0.3) is 0 Å². The van der Waals surface area contributed by atoms with Crippen molar-refractivity contribution in [3.8, 4) is 0 Å². The van der Waals surface area contributed by atoms with Crippen LogP contribution in [0.4, 0.5) is 0 Å². The summed E-state index contributed by atoms with van der Waals surface area (Å²) in [6.07, 6.45) is 5.91. The lowest BCUT2D eigenvalue weighted by Crippen LogP contribution is -2.05. The summed E-state index contributed by atoms with van der Waals surface area (Å²) in [5.74, 6) is 2.25. The van der Waals surface area contributed by atoms with Crippen molar-refractivity contribution in [2.45, 2.75) is 45.0 Å². The molecule has 0 bridgehead atoms. The van der Waals surface area contributed by atoms with Crippen molar-refractivity contribution >= 4 is 34.4 Å². The molecule has 0 N–H and O–H groups in total. The minimum atomic E-state index is -0.0473. The Morgan fingerprint density at radius 3 is 2.80 bits per heavy atom. The Kier molecular flexibility index (Phi) is 5.79. The molecule has 1 atom stereocenters. The Labute approximate surface area is 130 Å². The first kappa shape index (κ1) is 15.7. The number of rotatable bonds is 7. The van der Waals surface area contributed by atoms with Crippen molar-refractivity contribution in [3.63, 3.8) is 0 Å². The van der Waals surface area contributed by atoms with Gasteiger partial charge in [-0.1, -0.05) is 12.5 Å². The number of imidazole rings is 1. The Balaban J connectivity index is 2.19. The van der Waals surface area contributed by atoms with Crippen molar-refractivity contribution in [2.24, 2.45) is 0 Å². The van der Waals surface area contributed by atoms with Gasteiger partial charge in [0.15, 0.2) is 0 Å². The van der Waals surface area contributed by atoms with E-state index in [0.717, 1.165) is 17.9 Å². The fourth-order valence-electron chi connectivity index (χ4n) is 2.48. The highest BCUT2D eigenvalue weighted by Gasteiger charge is 2.14. The van der Waals surface area contributed by atoms with Crippen molar-refractivity contribution in [1.29, 1.82) is 0 Å². The van der Waals surface area contributed by atoms with Crippen LogP contribution in [-0.2, 0) is 6.54 Å². The van der Waals surface area contributed by atoms with Gasteiger partial charge in [0, 0.05) is 6.54 Å². The van der Waals surface area contributed by atoms with E-state index in [1.54, 1.807) is 0 Å². The van der Waals surface area contributed by atoms with Gasteiger partial charge in [-0.15, -0.1) is 11.6 Å². The van der Waals surface area contributed by atoms with Crippen LogP contribution in [0.1, 0.15) is 43.0 Å². The predicted molar refractivity (Wildman–Crippen MR) is 91.0 cm³/mol. The standard InChI is InChI=1S/C16H23ClN2S/c1-12-7-8-14-15(11-12)19(16(18-14)13(2)17)9-5-4-6-10-20-3/h7-8,11,13H,4-6,9-10H2,1-3H3. The van der Waals surface area contributed by atoms with Gasteiger partial charge in [-0.2, -0.15) is 11.8 Å². The molecule has 1 aromatic carbocycles. The zero-order valence-corrected chi connectivity index (χ0v) is 14.1. The molecule has 2 nitrogen and oxygen atoms in total. The normalized spacial score (nSPS) is 13.0. The Morgan fingerprint density at radius 2 is 2.10 bits per heavy atom. The van der Waals surface area contributed by atoms with Gasteiger partial charge in [0.1, 0.15) is 5.82 Å². The van der Waals surface area contributed by atoms with Crippen molar-refractivity contribution in [2.75, 3.05) is 12.0 Å². The first-order valence-corrected chi connectivity index (χ1v) is 9.06. The molecule has 0 fully saturated rings. The zero-order valence-electron chi connectivity index (χ0n) is 12.5. The van der Waals surface area contributed by atoms with Crippen LogP contribution in [0.25, 0.3) is 11.0 Å². The van der Waals surface area contributed by atoms with E-state index in [1.807, 2.05) is 18.7 Å². The molecule has 0 aliphatic rings. The lowest BCUT2D eigenvalue weighted by molar-refractivity contribution is 0.593. The second-order valence-corrected chi connectivity index (χ2v) is 6.92. The molecule has 4 heteroatoms. The SMILES string of the molecule is CSCCCCCn1c(C(C)Cl)nc2ccc(C)cc21. The maximum Gasteiger partial charge on any atom is 0.127 e. The molecule has 0 aliphatic carbocycles. The number of thioether (sulfide) groups is 1. The summed E-state index contributed by atoms with van der Waals surface area (Å²) in [7, 11) is 0. The molecule has 0 spiro atoms. The van der Waals surface area contributed by atoms with E-state index in [9.17, 15) is 0 Å². The molecule has 0 radical (unpaired) electrons. The number of unbranched alkanes of at least 4 members (excludes halogenated alkanes) is 2. The smallest absolute Gasteiger partial charge is 0.127 e. The molecular formula is C16H23ClN2S. The van der Waals surface area contributed by atoms with Gasteiger partial charge in [-0.3, -0.25) is 0 Å². The van der Waals surface area contributed by atoms with Gasteiger partial charge in [-0.25, -0.2) is 4.98 Å². The minimum Gasteiger partial charge on any atom is -0.327 e. The van der Waals surface area contributed by atoms with Gasteiger partial charge < -0.3 is 4.57 Å². The van der Waals surface area contributed by atoms with E-state index in [2.05, 4.69) is 35.9 Å². The first-order valence-electron chi connectivity index (χ1n) is 7.23. The minimum absolute atomic E-state index is 0.0473. The van der Waals surface area contributed by atoms with Crippen LogP contribution in [0.3, 0.4) is 0 Å². The highest BCUT2D eigenvalue weighted by atomic mass is 35.5. The summed E-state index contributed by atoms with van der Waals surface area (Å²) in [6.45, 7) is 5.14. The number of hydrogen-bond donors (Lipinski definition) is 0. The van der Waals surface area contributed by atoms with Crippen LogP contribution in [0.5, 0.6) is 0 Å². The van der Waals surface area contributed by atoms with Gasteiger partial charge >= 0.3 is 0 Å². The van der Waals surface area contributed by atoms with Gasteiger partial charge in [0.2, 0.25) is 0 Å². The molecule has 2 rings (SSSR count). The highest BCUT2D eigenvalue weighted by Crippen LogP contribution is 2.25. The predicted octanol–water partition coefficient (Wildman–Crippen LogP) is 5.18. The molecular weight excluding hydrogens is 288 g/mol. The number of aromatic nitrogens is 2. The number of benzene rings is 1. The fourth-order valence-corrected chi connectivity index (χ4v) is 3.14. The molecule has 110 valence electrons. The molecule has 0 saturated heterocycles. The molecule has 0 amide bonds. The van der Waals surface area contributed by atoms with Gasteiger partial charge in [-0.05, 0) is 56.4 Å². The highest BCUT2D eigenvalue weighted by molar-refractivity contribution is 7.98. The number of halogens is 1. The topological polar surface area (TPSA) is 17.8 Å². The molecule has 0 saturated carbocycles. The third-order valence-electron chi connectivity index (χ3n) is 3.52. The largest absolute Gasteiger partial charge is 0.327 e. The van der Waals surface area contributed by atoms with E-state index >= 15 is 0 Å². The number of nitrogens with zero attached hydrogens (tertiary/aromatic N) is 2. The van der Waals surface area contributed by atoms with Crippen molar-refractivity contribution in [1.82, 2.24) is 9.55 Å². The molecule has 1 heterocycles. The zero-order chi connectivity index (χ0) is 14.5. The van der Waals surface area contributed by atoms with E-state index in [1.165, 1.54) is 36.1 Å². The summed E-state index contributed by atoms with van der Waals surface area (Å²) in [6, 6.07) is 6.42. The quantitative estimate of drug-likeness (QED) is 0.518. The van der Waals surface area contributed by atoms with E-state index in [0.29, 0.717) is 0 Å². The van der Waals surface area contributed by atoms with E-state index in [4.69, 9.17) is 16.6 Å². The van der Waals surface area contributed by atoms with Crippen LogP contribution in [-0.4, -0.2) is 21.6 Å². The van der Waals surface area contributed by atoms with Crippen molar-refractivity contribution < 1.29 is 0 Å². The molecule has 1 unspecified atom stereocenters. The summed E-state index contributed by atoms with van der Waals surface area (Å²) in [4.78, 5) is 4.70. The maximum absolute atomic E-state index is 6.30. The maximum atomic E-state index is 6.30. The Morgan fingerprint density at radius 1 is 1.30 bits per heavy atom. The summed E-state index contributed by atoms with van der Waals surface area (Å²) in [5, 5.41) is -0.0473. The van der Waals surface area contributed by atoms with Crippen LogP contribution in [0.15, 0.2) is 18.2 Å². The average Bonchev–Trinajstić information content (AvgIpc) is 2.77. The van der Waals surface area contributed by atoms with Crippen molar-refractivity contribution in [3.05, 3.63) is 29.6 Å². The second kappa shape index (κ2) is 7.37. The lowest BCUT2D eigenvalue weighted by atomic mass is 10.2. The van der Waals surface area contributed by atoms with E-state index < -0.39 is 0 Å². The number of aryl methyl sites for hydroxylation is 2. The monoisotopic (exact) mass is 310 g/mol. The average molecular weight is 311 g/mol. The molecule has 20 heavy (non-hydrogen) atoms. The summed E-state index contributed by atoms with van der Waals surface area (Å²) in [5.41, 5.74) is 3.55. The summed E-state index contributed by atoms with van der Waals surface area (Å²) >= 11 is 8.22. The Bertz CT molecular complexity index is 563. The number of alkyl halides is 1. The van der Waals surface area contributed by atoms with E-state index in [-0.39, 0.29) is 5.38 Å². The third kappa shape index (κ3) is 3.70. The number of fused-ring (bicyclic) bond motifs is 1. The van der Waals surface area contributed by atoms with Crippen LogP contribution in [0, 0.1) is 6.92 Å². The Hall–Kier alpha value is -0.670. The van der Waals surface area contributed by atoms with Crippen LogP contribution >= 0.6 is 23.4 Å². The first-order chi connectivity index (χ1) is 9.63. The number of hydrogen-bond acceptors (Lipinski definition) is 2. The van der Waals surface area contributed by atoms with Crippen LogP contribution < -0.4 is 0 Å². The molecule has 0 aliphatic heterocycles. The van der Waals surface area contributed by atoms with Crippen LogP contribution in [0.2, 0.25) is 0 Å². The fraction of sp³-hybridized carbons (Fsp3) is 0.562.